The number of nitrogens with one attached hydrogen (secondary N) is 1. The molecule has 3 aromatic heterocycles. The van der Waals surface area contributed by atoms with Crippen LogP contribution in [0, 0.1) is 11.6 Å². The molecular formula is C25H16BrF2N5O3. The Kier molecular flexibility index (Phi) is 6.06. The van der Waals surface area contributed by atoms with Crippen molar-refractivity contribution >= 4 is 38.6 Å². The lowest BCUT2D eigenvalue weighted by atomic mass is 10.2. The van der Waals surface area contributed by atoms with Gasteiger partial charge in [-0.1, -0.05) is 15.9 Å². The summed E-state index contributed by atoms with van der Waals surface area (Å²) in [5.41, 5.74) is -0.352. The maximum atomic E-state index is 14.8. The maximum absolute atomic E-state index is 14.8. The summed E-state index contributed by atoms with van der Waals surface area (Å²) >= 11 is 3.17. The van der Waals surface area contributed by atoms with E-state index in [4.69, 9.17) is 4.74 Å². The van der Waals surface area contributed by atoms with Crippen LogP contribution in [0.1, 0.15) is 10.5 Å². The lowest BCUT2D eigenvalue weighted by Gasteiger charge is -2.11. The third-order valence-corrected chi connectivity index (χ3v) is 5.81. The van der Waals surface area contributed by atoms with Crippen LogP contribution in [0.25, 0.3) is 16.7 Å². The van der Waals surface area contributed by atoms with Crippen molar-refractivity contribution in [1.82, 2.24) is 19.3 Å². The fourth-order valence-electron chi connectivity index (χ4n) is 3.56. The number of carbonyl (C=O) groups is 1. The van der Waals surface area contributed by atoms with Gasteiger partial charge in [-0.05, 0) is 42.5 Å². The number of rotatable bonds is 5. The van der Waals surface area contributed by atoms with Crippen molar-refractivity contribution in [3.05, 3.63) is 105 Å². The molecule has 0 bridgehead atoms. The van der Waals surface area contributed by atoms with Crippen LogP contribution in [-0.4, -0.2) is 25.2 Å². The number of ether oxygens (including phenoxy) is 1. The van der Waals surface area contributed by atoms with E-state index in [9.17, 15) is 18.4 Å². The second-order valence-electron chi connectivity index (χ2n) is 7.74. The number of aryl methyl sites for hydroxylation is 1. The average molecular weight is 552 g/mol. The van der Waals surface area contributed by atoms with Gasteiger partial charge in [-0.3, -0.25) is 9.59 Å². The smallest absolute Gasteiger partial charge is 0.280 e. The van der Waals surface area contributed by atoms with Crippen molar-refractivity contribution in [3.8, 4) is 17.2 Å². The lowest BCUT2D eigenvalue weighted by molar-refractivity contribution is 0.101. The van der Waals surface area contributed by atoms with Crippen LogP contribution in [0.2, 0.25) is 0 Å². The van der Waals surface area contributed by atoms with E-state index in [2.05, 4.69) is 31.3 Å². The molecule has 36 heavy (non-hydrogen) atoms. The number of benzene rings is 2. The molecule has 0 fully saturated rings. The highest BCUT2D eigenvalue weighted by atomic mass is 79.9. The van der Waals surface area contributed by atoms with Gasteiger partial charge in [0.2, 0.25) is 5.43 Å². The van der Waals surface area contributed by atoms with Gasteiger partial charge in [0.15, 0.2) is 17.3 Å². The van der Waals surface area contributed by atoms with Crippen LogP contribution in [0.3, 0.4) is 0 Å². The largest absolute Gasteiger partial charge is 0.453 e. The third kappa shape index (κ3) is 4.48. The van der Waals surface area contributed by atoms with Crippen molar-refractivity contribution < 1.29 is 18.3 Å². The normalized spacial score (nSPS) is 11.0. The molecular weight excluding hydrogens is 536 g/mol. The van der Waals surface area contributed by atoms with Gasteiger partial charge in [0.25, 0.3) is 5.91 Å². The molecule has 0 radical (unpaired) electrons. The first-order chi connectivity index (χ1) is 17.3. The fourth-order valence-corrected chi connectivity index (χ4v) is 3.90. The average Bonchev–Trinajstić information content (AvgIpc) is 3.23. The van der Waals surface area contributed by atoms with Gasteiger partial charge in [-0.25, -0.2) is 18.4 Å². The number of fused-ring (bicyclic) bond motifs is 1. The highest BCUT2D eigenvalue weighted by molar-refractivity contribution is 9.10. The number of aromatic nitrogens is 4. The summed E-state index contributed by atoms with van der Waals surface area (Å²) < 4.78 is 38.3. The van der Waals surface area contributed by atoms with E-state index in [1.807, 2.05) is 23.9 Å². The van der Waals surface area contributed by atoms with Crippen LogP contribution >= 0.6 is 15.9 Å². The van der Waals surface area contributed by atoms with Crippen LogP contribution in [-0.2, 0) is 7.05 Å². The Bertz CT molecular complexity index is 1700. The fraction of sp³-hybridized carbons (Fsp3) is 0.0400. The quantitative estimate of drug-likeness (QED) is 0.324. The van der Waals surface area contributed by atoms with E-state index in [0.717, 1.165) is 16.8 Å². The van der Waals surface area contributed by atoms with Crippen LogP contribution < -0.4 is 15.5 Å². The van der Waals surface area contributed by atoms with Gasteiger partial charge >= 0.3 is 0 Å². The Labute approximate surface area is 210 Å². The number of hydrogen-bond donors (Lipinski definition) is 1. The number of pyridine rings is 1. The van der Waals surface area contributed by atoms with E-state index in [0.29, 0.717) is 21.3 Å². The van der Waals surface area contributed by atoms with Crippen LogP contribution in [0.5, 0.6) is 11.5 Å². The predicted molar refractivity (Wildman–Crippen MR) is 133 cm³/mol. The standard InChI is InChI=1S/C25H16BrF2N5O3/c1-32-10-7-16-21(6-9-29-24(16)32)36-22-5-3-15(13-18(22)28)30-25(35)23-20(34)8-11-33(31-23)19-4-2-14(26)12-17(19)27/h2-13H,1H3,(H,30,35). The monoisotopic (exact) mass is 551 g/mol. The number of carbonyl (C=O) groups excluding carboxylic acids is 1. The molecule has 180 valence electrons. The van der Waals surface area contributed by atoms with Crippen molar-refractivity contribution in [1.29, 1.82) is 0 Å². The molecule has 3 heterocycles. The van der Waals surface area contributed by atoms with Gasteiger partial charge in [0.1, 0.15) is 22.9 Å². The Hall–Kier alpha value is -4.38. The summed E-state index contributed by atoms with van der Waals surface area (Å²) in [6.07, 6.45) is 4.63. The van der Waals surface area contributed by atoms with E-state index < -0.39 is 28.7 Å². The van der Waals surface area contributed by atoms with Gasteiger partial charge in [0.05, 0.1) is 5.39 Å². The molecule has 0 aliphatic carbocycles. The van der Waals surface area contributed by atoms with Crippen LogP contribution in [0.15, 0.2) is 82.5 Å². The summed E-state index contributed by atoms with van der Waals surface area (Å²) in [5.74, 6) is -1.85. The second kappa shape index (κ2) is 9.34. The molecule has 2 aromatic carbocycles. The molecule has 0 aliphatic rings. The lowest BCUT2D eigenvalue weighted by Crippen LogP contribution is -2.25. The summed E-state index contributed by atoms with van der Waals surface area (Å²) in [4.78, 5) is 29.3. The summed E-state index contributed by atoms with van der Waals surface area (Å²) in [5, 5.41) is 7.12. The van der Waals surface area contributed by atoms with Gasteiger partial charge in [-0.2, -0.15) is 5.10 Å². The minimum atomic E-state index is -0.875. The predicted octanol–water partition coefficient (Wildman–Crippen LogP) is 5.20. The Balaban J connectivity index is 1.38. The molecule has 0 saturated heterocycles. The molecule has 1 N–H and O–H groups in total. The Morgan fingerprint density at radius 2 is 1.83 bits per heavy atom. The molecule has 0 aliphatic heterocycles. The van der Waals surface area contributed by atoms with Crippen molar-refractivity contribution in [2.24, 2.45) is 7.05 Å². The molecule has 0 spiro atoms. The molecule has 8 nitrogen and oxygen atoms in total. The van der Waals surface area contributed by atoms with Gasteiger partial charge in [-0.15, -0.1) is 0 Å². The highest BCUT2D eigenvalue weighted by Gasteiger charge is 2.17. The molecule has 0 unspecified atom stereocenters. The number of nitrogens with zero attached hydrogens (tertiary/aromatic N) is 4. The van der Waals surface area contributed by atoms with E-state index >= 15 is 0 Å². The molecule has 0 saturated carbocycles. The SMILES string of the molecule is Cn1ccc2c(Oc3ccc(NC(=O)c4nn(-c5ccc(Br)cc5F)ccc4=O)cc3F)ccnc21. The zero-order valence-corrected chi connectivity index (χ0v) is 20.2. The van der Waals surface area contributed by atoms with Crippen LogP contribution in [0.4, 0.5) is 14.5 Å². The number of anilines is 1. The Morgan fingerprint density at radius 1 is 1.00 bits per heavy atom. The van der Waals surface area contributed by atoms with Crippen molar-refractivity contribution in [3.63, 3.8) is 0 Å². The first-order valence-electron chi connectivity index (χ1n) is 10.5. The molecule has 0 atom stereocenters. The van der Waals surface area contributed by atoms with E-state index in [-0.39, 0.29) is 17.1 Å². The highest BCUT2D eigenvalue weighted by Crippen LogP contribution is 2.31. The van der Waals surface area contributed by atoms with E-state index in [1.54, 1.807) is 18.3 Å². The first kappa shape index (κ1) is 23.4. The van der Waals surface area contributed by atoms with Crippen molar-refractivity contribution in [2.45, 2.75) is 0 Å². The topological polar surface area (TPSA) is 91.0 Å². The third-order valence-electron chi connectivity index (χ3n) is 5.32. The Morgan fingerprint density at radius 3 is 2.61 bits per heavy atom. The zero-order valence-electron chi connectivity index (χ0n) is 18.6. The molecule has 5 aromatic rings. The van der Waals surface area contributed by atoms with Gasteiger partial charge in [0, 0.05) is 47.9 Å². The molecule has 5 rings (SSSR count). The number of hydrogen-bond acceptors (Lipinski definition) is 5. The van der Waals surface area contributed by atoms with Gasteiger partial charge < -0.3 is 14.6 Å². The zero-order chi connectivity index (χ0) is 25.4. The minimum Gasteiger partial charge on any atom is -0.453 e. The summed E-state index contributed by atoms with van der Waals surface area (Å²) in [6.45, 7) is 0. The van der Waals surface area contributed by atoms with Crippen molar-refractivity contribution in [2.75, 3.05) is 5.32 Å². The maximum Gasteiger partial charge on any atom is 0.280 e. The molecule has 11 heteroatoms. The number of halogens is 3. The second-order valence-corrected chi connectivity index (χ2v) is 8.66. The summed E-state index contributed by atoms with van der Waals surface area (Å²) in [7, 11) is 1.84. The number of amides is 1. The van der Waals surface area contributed by atoms with E-state index in [1.165, 1.54) is 30.5 Å². The molecule has 1 amide bonds. The first-order valence-corrected chi connectivity index (χ1v) is 11.3. The minimum absolute atomic E-state index is 0.0448. The summed E-state index contributed by atoms with van der Waals surface area (Å²) in [6, 6.07) is 12.6.